The lowest BCUT2D eigenvalue weighted by molar-refractivity contribution is -0.0842. The van der Waals surface area contributed by atoms with Gasteiger partial charge in [-0.25, -0.2) is 10.4 Å². The normalized spacial score (nSPS) is 17.7. The number of hydrazine groups is 2. The van der Waals surface area contributed by atoms with E-state index in [1.807, 2.05) is 19.1 Å². The van der Waals surface area contributed by atoms with E-state index in [2.05, 4.69) is 10.5 Å². The maximum atomic E-state index is 3.10. The summed E-state index contributed by atoms with van der Waals surface area (Å²) in [5.74, 6) is 0. The van der Waals surface area contributed by atoms with E-state index in [1.165, 1.54) is 0 Å². The van der Waals surface area contributed by atoms with E-state index in [1.54, 1.807) is 0 Å². The predicted molar refractivity (Wildman–Crippen MR) is 42.9 cm³/mol. The molecule has 58 valence electrons. The Morgan fingerprint density at radius 2 is 1.78 bits per heavy atom. The highest BCUT2D eigenvalue weighted by molar-refractivity contribution is 5.85. The third-order valence-electron chi connectivity index (χ3n) is 1.10. The highest BCUT2D eigenvalue weighted by Gasteiger charge is 2.13. The van der Waals surface area contributed by atoms with Crippen LogP contribution in [0.3, 0.4) is 0 Å². The van der Waals surface area contributed by atoms with E-state index >= 15 is 0 Å². The monoisotopic (exact) mass is 173 g/mol. The summed E-state index contributed by atoms with van der Waals surface area (Å²) in [6.45, 7) is 2.27. The summed E-state index contributed by atoms with van der Waals surface area (Å²) in [5, 5.41) is 4.09. The van der Waals surface area contributed by atoms with E-state index in [0.717, 1.165) is 13.1 Å². The van der Waals surface area contributed by atoms with Gasteiger partial charge in [0.25, 0.3) is 0 Å². The molecule has 0 aliphatic carbocycles. The molecule has 1 N–H and O–H groups in total. The second-order valence-corrected chi connectivity index (χ2v) is 1.88. The Balaban J connectivity index is 0. The third kappa shape index (κ3) is 3.23. The first-order chi connectivity index (χ1) is 3.30. The van der Waals surface area contributed by atoms with Crippen LogP contribution in [-0.4, -0.2) is 37.3 Å². The summed E-state index contributed by atoms with van der Waals surface area (Å²) < 4.78 is 0. The van der Waals surface area contributed by atoms with Crippen molar-refractivity contribution < 1.29 is 0 Å². The maximum absolute atomic E-state index is 3.10. The molecular formula is C4H13Cl2N3. The van der Waals surface area contributed by atoms with Gasteiger partial charge < -0.3 is 0 Å². The van der Waals surface area contributed by atoms with Crippen molar-refractivity contribution in [3.63, 3.8) is 0 Å². The van der Waals surface area contributed by atoms with E-state index in [4.69, 9.17) is 0 Å². The van der Waals surface area contributed by atoms with Crippen LogP contribution in [0.4, 0.5) is 0 Å². The predicted octanol–water partition coefficient (Wildman–Crippen LogP) is 0.127. The van der Waals surface area contributed by atoms with Gasteiger partial charge in [0.05, 0.1) is 0 Å². The summed E-state index contributed by atoms with van der Waals surface area (Å²) in [5.41, 5.74) is 3.10. The van der Waals surface area contributed by atoms with Gasteiger partial charge in [-0.05, 0) is 0 Å². The Hall–Kier alpha value is 0.460. The van der Waals surface area contributed by atoms with E-state index in [0.29, 0.717) is 0 Å². The second-order valence-electron chi connectivity index (χ2n) is 1.88. The molecule has 1 rings (SSSR count). The molecule has 1 aliphatic heterocycles. The van der Waals surface area contributed by atoms with Crippen LogP contribution >= 0.6 is 24.8 Å². The van der Waals surface area contributed by atoms with Gasteiger partial charge in [-0.15, -0.1) is 24.8 Å². The molecule has 1 fully saturated rings. The second kappa shape index (κ2) is 5.26. The molecule has 0 saturated carbocycles. The zero-order valence-corrected chi connectivity index (χ0v) is 7.26. The van der Waals surface area contributed by atoms with Gasteiger partial charge in [-0.1, -0.05) is 0 Å². The van der Waals surface area contributed by atoms with Gasteiger partial charge in [0.15, 0.2) is 0 Å². The van der Waals surface area contributed by atoms with Crippen LogP contribution in [-0.2, 0) is 0 Å². The molecule has 5 heteroatoms. The van der Waals surface area contributed by atoms with Crippen LogP contribution < -0.4 is 5.43 Å². The molecule has 0 aromatic heterocycles. The van der Waals surface area contributed by atoms with Gasteiger partial charge in [-0.3, -0.25) is 0 Å². The van der Waals surface area contributed by atoms with E-state index in [-0.39, 0.29) is 24.8 Å². The van der Waals surface area contributed by atoms with Crippen molar-refractivity contribution in [3.05, 3.63) is 0 Å². The smallest absolute Gasteiger partial charge is 0.0430 e. The number of nitrogens with zero attached hydrogens (tertiary/aromatic N) is 2. The van der Waals surface area contributed by atoms with Crippen molar-refractivity contribution >= 4 is 24.8 Å². The van der Waals surface area contributed by atoms with Crippen molar-refractivity contribution in [2.75, 3.05) is 27.2 Å². The number of hydrogen-bond donors (Lipinski definition) is 1. The number of nitrogens with one attached hydrogen (secondary N) is 1. The summed E-state index contributed by atoms with van der Waals surface area (Å²) in [4.78, 5) is 0. The SMILES string of the molecule is CN(C)N1CCN1.Cl.Cl. The van der Waals surface area contributed by atoms with Gasteiger partial charge >= 0.3 is 0 Å². The lowest BCUT2D eigenvalue weighted by Crippen LogP contribution is -2.59. The molecule has 0 unspecified atom stereocenters. The first-order valence-electron chi connectivity index (χ1n) is 2.49. The van der Waals surface area contributed by atoms with Crippen LogP contribution in [0.2, 0.25) is 0 Å². The Kier molecular flexibility index (Phi) is 7.11. The lowest BCUT2D eigenvalue weighted by atomic mass is 10.6. The van der Waals surface area contributed by atoms with Gasteiger partial charge in [0.1, 0.15) is 0 Å². The molecule has 0 atom stereocenters. The third-order valence-corrected chi connectivity index (χ3v) is 1.10. The topological polar surface area (TPSA) is 18.5 Å². The zero-order valence-electron chi connectivity index (χ0n) is 5.63. The minimum Gasteiger partial charge on any atom is -0.240 e. The standard InChI is InChI=1S/C4H11N3.2ClH/c1-6(2)7-4-3-5-7;;/h5H,3-4H2,1-2H3;2*1H. The van der Waals surface area contributed by atoms with Gasteiger partial charge in [0, 0.05) is 27.2 Å². The maximum Gasteiger partial charge on any atom is 0.0430 e. The molecule has 0 spiro atoms. The molecular weight excluding hydrogens is 161 g/mol. The molecule has 1 saturated heterocycles. The highest BCUT2D eigenvalue weighted by atomic mass is 35.5. The first kappa shape index (κ1) is 12.2. The number of rotatable bonds is 1. The molecule has 0 aromatic carbocycles. The summed E-state index contributed by atoms with van der Waals surface area (Å²) in [6.07, 6.45) is 0. The van der Waals surface area contributed by atoms with Crippen molar-refractivity contribution in [3.8, 4) is 0 Å². The van der Waals surface area contributed by atoms with Crippen molar-refractivity contribution in [1.82, 2.24) is 15.6 Å². The summed E-state index contributed by atoms with van der Waals surface area (Å²) in [6, 6.07) is 0. The minimum absolute atomic E-state index is 0. The van der Waals surface area contributed by atoms with Crippen LogP contribution in [0.5, 0.6) is 0 Å². The Labute approximate surface area is 68.1 Å². The Morgan fingerprint density at radius 3 is 1.78 bits per heavy atom. The molecule has 3 nitrogen and oxygen atoms in total. The largest absolute Gasteiger partial charge is 0.240 e. The molecule has 1 aliphatic rings. The number of halogens is 2. The molecule has 0 bridgehead atoms. The van der Waals surface area contributed by atoms with Crippen molar-refractivity contribution in [2.24, 2.45) is 0 Å². The van der Waals surface area contributed by atoms with Crippen LogP contribution in [0.15, 0.2) is 0 Å². The van der Waals surface area contributed by atoms with Crippen molar-refractivity contribution in [2.45, 2.75) is 0 Å². The fraction of sp³-hybridized carbons (Fsp3) is 1.00. The average molecular weight is 174 g/mol. The van der Waals surface area contributed by atoms with Crippen molar-refractivity contribution in [1.29, 1.82) is 0 Å². The Morgan fingerprint density at radius 1 is 1.33 bits per heavy atom. The van der Waals surface area contributed by atoms with Crippen LogP contribution in [0.25, 0.3) is 0 Å². The summed E-state index contributed by atoms with van der Waals surface area (Å²) in [7, 11) is 4.04. The fourth-order valence-electron chi connectivity index (χ4n) is 0.553. The van der Waals surface area contributed by atoms with Gasteiger partial charge in [0.2, 0.25) is 0 Å². The zero-order chi connectivity index (χ0) is 5.28. The molecule has 0 aromatic rings. The highest BCUT2D eigenvalue weighted by Crippen LogP contribution is 1.91. The molecule has 9 heavy (non-hydrogen) atoms. The fourth-order valence-corrected chi connectivity index (χ4v) is 0.553. The molecule has 0 radical (unpaired) electrons. The lowest BCUT2D eigenvalue weighted by Gasteiger charge is -2.36. The minimum atomic E-state index is 0. The quantitative estimate of drug-likeness (QED) is 0.609. The number of hydrogen-bond acceptors (Lipinski definition) is 3. The molecule has 0 amide bonds. The van der Waals surface area contributed by atoms with E-state index < -0.39 is 0 Å². The van der Waals surface area contributed by atoms with E-state index in [9.17, 15) is 0 Å². The average Bonchev–Trinajstić information content (AvgIpc) is 1.23. The molecule has 1 heterocycles. The summed E-state index contributed by atoms with van der Waals surface area (Å²) >= 11 is 0. The van der Waals surface area contributed by atoms with Crippen LogP contribution in [0, 0.1) is 0 Å². The Bertz CT molecular complexity index is 64.8. The van der Waals surface area contributed by atoms with Crippen LogP contribution in [0.1, 0.15) is 0 Å². The van der Waals surface area contributed by atoms with Gasteiger partial charge in [-0.2, -0.15) is 5.12 Å². The first-order valence-corrected chi connectivity index (χ1v) is 2.49.